The summed E-state index contributed by atoms with van der Waals surface area (Å²) in [4.78, 5) is 11.5. The van der Waals surface area contributed by atoms with E-state index in [2.05, 4.69) is 20.5 Å². The van der Waals surface area contributed by atoms with Gasteiger partial charge in [-0.2, -0.15) is 0 Å². The molecule has 3 aromatic rings. The maximum Gasteiger partial charge on any atom is 0.154 e. The number of fused-ring (bicyclic) bond motifs is 1. The minimum atomic E-state index is 0.431. The Hall–Kier alpha value is -2.71. The number of rotatable bonds is 4. The predicted molar refractivity (Wildman–Crippen MR) is 104 cm³/mol. The normalized spacial score (nSPS) is 20.3. The van der Waals surface area contributed by atoms with Crippen molar-refractivity contribution in [2.75, 3.05) is 49.6 Å². The number of anilines is 2. The molecule has 8 nitrogen and oxygen atoms in total. The van der Waals surface area contributed by atoms with Gasteiger partial charge >= 0.3 is 0 Å². The number of nitrogens with zero attached hydrogens (tertiary/aromatic N) is 5. The number of ether oxygens (including phenoxy) is 1. The molecule has 2 aliphatic rings. The topological polar surface area (TPSA) is 79.6 Å². The summed E-state index contributed by atoms with van der Waals surface area (Å²) >= 11 is 0. The minimum absolute atomic E-state index is 0.431. The van der Waals surface area contributed by atoms with E-state index in [-0.39, 0.29) is 0 Å². The van der Waals surface area contributed by atoms with Crippen LogP contribution in [0.25, 0.3) is 17.0 Å². The fourth-order valence-electron chi connectivity index (χ4n) is 3.64. The van der Waals surface area contributed by atoms with Crippen LogP contribution in [0.15, 0.2) is 36.5 Å². The van der Waals surface area contributed by atoms with Crippen LogP contribution in [0.2, 0.25) is 0 Å². The molecule has 2 aliphatic heterocycles. The first-order valence-corrected chi connectivity index (χ1v) is 9.49. The third-order valence-corrected chi connectivity index (χ3v) is 5.11. The van der Waals surface area contributed by atoms with Crippen molar-refractivity contribution in [1.82, 2.24) is 24.9 Å². The van der Waals surface area contributed by atoms with Gasteiger partial charge in [-0.1, -0.05) is 6.07 Å². The van der Waals surface area contributed by atoms with Gasteiger partial charge in [0.2, 0.25) is 0 Å². The molecule has 5 rings (SSSR count). The zero-order valence-electron chi connectivity index (χ0n) is 15.1. The van der Waals surface area contributed by atoms with Crippen LogP contribution in [-0.4, -0.2) is 65.0 Å². The van der Waals surface area contributed by atoms with E-state index in [0.717, 1.165) is 74.5 Å². The second-order valence-electron chi connectivity index (χ2n) is 6.95. The summed E-state index contributed by atoms with van der Waals surface area (Å²) in [6.45, 7) is 5.22. The third-order valence-electron chi connectivity index (χ3n) is 5.11. The number of imidazole rings is 1. The zero-order valence-corrected chi connectivity index (χ0v) is 15.1. The monoisotopic (exact) mass is 365 g/mol. The maximum absolute atomic E-state index is 5.44. The molecule has 3 aromatic heterocycles. The number of hydrogen-bond donors (Lipinski definition) is 2. The molecule has 8 heteroatoms. The Kier molecular flexibility index (Phi) is 4.35. The molecule has 0 aromatic carbocycles. The maximum atomic E-state index is 5.44. The molecule has 1 atom stereocenters. The predicted octanol–water partition coefficient (Wildman–Crippen LogP) is 1.40. The second kappa shape index (κ2) is 7.13. The van der Waals surface area contributed by atoms with E-state index in [0.29, 0.717) is 6.04 Å². The fraction of sp³-hybridized carbons (Fsp3) is 0.421. The van der Waals surface area contributed by atoms with E-state index < -0.39 is 0 Å². The quantitative estimate of drug-likeness (QED) is 0.723. The van der Waals surface area contributed by atoms with E-state index in [1.165, 1.54) is 0 Å². The van der Waals surface area contributed by atoms with Crippen LogP contribution in [0, 0.1) is 0 Å². The largest absolute Gasteiger partial charge is 0.378 e. The molecule has 2 fully saturated rings. The number of nitrogens with one attached hydrogen (secondary N) is 2. The number of pyridine rings is 1. The van der Waals surface area contributed by atoms with Gasteiger partial charge in [-0.3, -0.25) is 0 Å². The van der Waals surface area contributed by atoms with Gasteiger partial charge in [0.15, 0.2) is 5.65 Å². The fourth-order valence-corrected chi connectivity index (χ4v) is 3.64. The van der Waals surface area contributed by atoms with E-state index in [9.17, 15) is 0 Å². The molecule has 2 saturated heterocycles. The van der Waals surface area contributed by atoms with Gasteiger partial charge in [0.05, 0.1) is 25.1 Å². The Bertz CT molecular complexity index is 929. The van der Waals surface area contributed by atoms with Gasteiger partial charge in [-0.15, -0.1) is 5.10 Å². The Balaban J connectivity index is 1.47. The lowest BCUT2D eigenvalue weighted by Gasteiger charge is -2.27. The summed E-state index contributed by atoms with van der Waals surface area (Å²) in [7, 11) is 0. The molecule has 0 amide bonds. The Morgan fingerprint density at radius 3 is 2.93 bits per heavy atom. The van der Waals surface area contributed by atoms with Crippen molar-refractivity contribution < 1.29 is 4.74 Å². The molecule has 1 unspecified atom stereocenters. The molecule has 140 valence electrons. The van der Waals surface area contributed by atoms with Crippen molar-refractivity contribution >= 4 is 17.3 Å². The lowest BCUT2D eigenvalue weighted by Crippen LogP contribution is -2.37. The first-order chi connectivity index (χ1) is 13.4. The molecule has 2 N–H and O–H groups in total. The van der Waals surface area contributed by atoms with Crippen molar-refractivity contribution in [3.63, 3.8) is 0 Å². The van der Waals surface area contributed by atoms with Crippen LogP contribution in [0.5, 0.6) is 0 Å². The lowest BCUT2D eigenvalue weighted by molar-refractivity contribution is 0.122. The Morgan fingerprint density at radius 1 is 1.15 bits per heavy atom. The molecule has 0 aliphatic carbocycles. The van der Waals surface area contributed by atoms with Crippen molar-refractivity contribution in [3.05, 3.63) is 36.5 Å². The van der Waals surface area contributed by atoms with Crippen LogP contribution >= 0.6 is 0 Å². The van der Waals surface area contributed by atoms with E-state index >= 15 is 0 Å². The van der Waals surface area contributed by atoms with E-state index in [4.69, 9.17) is 14.8 Å². The van der Waals surface area contributed by atoms with Crippen molar-refractivity contribution in [1.29, 1.82) is 0 Å². The van der Waals surface area contributed by atoms with Crippen LogP contribution in [0.1, 0.15) is 6.42 Å². The van der Waals surface area contributed by atoms with Gasteiger partial charge in [0.25, 0.3) is 0 Å². The summed E-state index contributed by atoms with van der Waals surface area (Å²) in [5.41, 5.74) is 2.58. The number of morpholine rings is 1. The third kappa shape index (κ3) is 3.33. The molecular formula is C19H23N7O. The van der Waals surface area contributed by atoms with Crippen LogP contribution in [-0.2, 0) is 4.74 Å². The first kappa shape index (κ1) is 16.5. The summed E-state index contributed by atoms with van der Waals surface area (Å²) in [5, 5.41) is 11.7. The highest BCUT2D eigenvalue weighted by Gasteiger charge is 2.17. The highest BCUT2D eigenvalue weighted by Crippen LogP contribution is 2.22. The highest BCUT2D eigenvalue weighted by molar-refractivity contribution is 5.62. The smallest absolute Gasteiger partial charge is 0.154 e. The van der Waals surface area contributed by atoms with Crippen molar-refractivity contribution in [2.45, 2.75) is 12.5 Å². The van der Waals surface area contributed by atoms with E-state index in [1.807, 2.05) is 41.0 Å². The summed E-state index contributed by atoms with van der Waals surface area (Å²) in [5.74, 6) is 1.83. The van der Waals surface area contributed by atoms with Gasteiger partial charge in [0, 0.05) is 25.7 Å². The molecule has 0 saturated carbocycles. The average molecular weight is 365 g/mol. The van der Waals surface area contributed by atoms with Crippen molar-refractivity contribution in [2.24, 2.45) is 0 Å². The number of hydrogen-bond acceptors (Lipinski definition) is 7. The first-order valence-electron chi connectivity index (χ1n) is 9.49. The molecule has 0 bridgehead atoms. The number of aromatic nitrogens is 4. The highest BCUT2D eigenvalue weighted by atomic mass is 16.5. The Labute approximate surface area is 157 Å². The molecule has 27 heavy (non-hydrogen) atoms. The average Bonchev–Trinajstić information content (AvgIpc) is 3.38. The minimum Gasteiger partial charge on any atom is -0.378 e. The van der Waals surface area contributed by atoms with Crippen LogP contribution in [0.4, 0.5) is 11.6 Å². The zero-order chi connectivity index (χ0) is 18.1. The summed E-state index contributed by atoms with van der Waals surface area (Å²) in [6.07, 6.45) is 2.96. The molecule has 0 radical (unpaired) electrons. The lowest BCUT2D eigenvalue weighted by atomic mass is 10.2. The standard InChI is InChI=1S/C19H23N7O/c1-2-15(23-17(3-1)22-14-6-7-20-12-14)16-13-21-18-4-5-19(24-26(16)18)25-8-10-27-11-9-25/h1-5,13-14,20H,6-12H2,(H,22,23). The molecular weight excluding hydrogens is 342 g/mol. The van der Waals surface area contributed by atoms with Crippen LogP contribution in [0.3, 0.4) is 0 Å². The van der Waals surface area contributed by atoms with E-state index in [1.54, 1.807) is 0 Å². The SMILES string of the molecule is c1cc(NC2CCNC2)nc(-c2cnc3ccc(N4CCOCC4)nn23)c1. The summed E-state index contributed by atoms with van der Waals surface area (Å²) < 4.78 is 7.33. The van der Waals surface area contributed by atoms with Gasteiger partial charge < -0.3 is 20.3 Å². The van der Waals surface area contributed by atoms with Gasteiger partial charge in [-0.05, 0) is 37.2 Å². The molecule has 0 spiro atoms. The van der Waals surface area contributed by atoms with Crippen LogP contribution < -0.4 is 15.5 Å². The summed E-state index contributed by atoms with van der Waals surface area (Å²) in [6, 6.07) is 10.5. The Morgan fingerprint density at radius 2 is 2.07 bits per heavy atom. The molecule has 5 heterocycles. The van der Waals surface area contributed by atoms with Gasteiger partial charge in [-0.25, -0.2) is 14.5 Å². The van der Waals surface area contributed by atoms with Crippen molar-refractivity contribution in [3.8, 4) is 11.4 Å². The second-order valence-corrected chi connectivity index (χ2v) is 6.95. The van der Waals surface area contributed by atoms with Gasteiger partial charge in [0.1, 0.15) is 17.3 Å².